The van der Waals surface area contributed by atoms with Gasteiger partial charge >= 0.3 is 0 Å². The van der Waals surface area contributed by atoms with Crippen molar-refractivity contribution < 1.29 is 4.79 Å². The fourth-order valence-corrected chi connectivity index (χ4v) is 1.93. The Morgan fingerprint density at radius 1 is 1.67 bits per heavy atom. The van der Waals surface area contributed by atoms with Crippen LogP contribution in [0, 0.1) is 17.2 Å². The third-order valence-corrected chi connectivity index (χ3v) is 3.25. The number of hydrogen-bond acceptors (Lipinski definition) is 3. The first-order valence-corrected chi connectivity index (χ1v) is 5.75. The van der Waals surface area contributed by atoms with Gasteiger partial charge in [-0.1, -0.05) is 6.92 Å². The van der Waals surface area contributed by atoms with Crippen LogP contribution >= 0.6 is 11.3 Å². The van der Waals surface area contributed by atoms with E-state index in [2.05, 4.69) is 18.3 Å². The van der Waals surface area contributed by atoms with E-state index in [1.807, 2.05) is 12.1 Å². The van der Waals surface area contributed by atoms with E-state index in [1.165, 1.54) is 16.2 Å². The minimum Gasteiger partial charge on any atom is -0.350 e. The van der Waals surface area contributed by atoms with Gasteiger partial charge in [0.25, 0.3) is 5.91 Å². The molecule has 1 N–H and O–H groups in total. The Labute approximate surface area is 93.7 Å². The van der Waals surface area contributed by atoms with Gasteiger partial charge in [0.1, 0.15) is 0 Å². The number of nitrogens with one attached hydrogen (secondary N) is 1. The first kappa shape index (κ1) is 11.7. The molecule has 80 valence electrons. The predicted molar refractivity (Wildman–Crippen MR) is 60.8 cm³/mol. The van der Waals surface area contributed by atoms with Crippen LogP contribution < -0.4 is 5.32 Å². The van der Waals surface area contributed by atoms with Gasteiger partial charge in [0.15, 0.2) is 0 Å². The number of nitrogens with zero attached hydrogens (tertiary/aromatic N) is 1. The van der Waals surface area contributed by atoms with Crippen LogP contribution in [-0.4, -0.2) is 12.5 Å². The van der Waals surface area contributed by atoms with Crippen molar-refractivity contribution in [2.45, 2.75) is 20.3 Å². The van der Waals surface area contributed by atoms with Crippen molar-refractivity contribution in [3.8, 4) is 6.07 Å². The number of nitriles is 1. The Morgan fingerprint density at radius 3 is 2.93 bits per heavy atom. The normalized spacial score (nSPS) is 11.8. The molecule has 0 aromatic carbocycles. The highest BCUT2D eigenvalue weighted by atomic mass is 32.1. The van der Waals surface area contributed by atoms with E-state index in [0.717, 1.165) is 11.3 Å². The molecule has 0 saturated carbocycles. The summed E-state index contributed by atoms with van der Waals surface area (Å²) in [5.74, 6) is -0.221. The van der Waals surface area contributed by atoms with Gasteiger partial charge in [0.2, 0.25) is 0 Å². The van der Waals surface area contributed by atoms with Gasteiger partial charge in [-0.15, -0.1) is 11.3 Å². The summed E-state index contributed by atoms with van der Waals surface area (Å²) >= 11 is 1.51. The van der Waals surface area contributed by atoms with Crippen LogP contribution in [0.1, 0.15) is 28.4 Å². The van der Waals surface area contributed by atoms with E-state index in [4.69, 9.17) is 5.26 Å². The van der Waals surface area contributed by atoms with Crippen molar-refractivity contribution in [2.75, 3.05) is 6.54 Å². The maximum absolute atomic E-state index is 11.6. The van der Waals surface area contributed by atoms with Crippen LogP contribution in [0.25, 0.3) is 0 Å². The second-order valence-corrected chi connectivity index (χ2v) is 4.53. The molecular formula is C11H14N2OS. The summed E-state index contributed by atoms with van der Waals surface area (Å²) in [5.41, 5.74) is 0. The molecule has 0 spiro atoms. The fourth-order valence-electron chi connectivity index (χ4n) is 1.07. The van der Waals surface area contributed by atoms with Crippen LogP contribution in [0.5, 0.6) is 0 Å². The summed E-state index contributed by atoms with van der Waals surface area (Å²) in [4.78, 5) is 13.5. The average molecular weight is 222 g/mol. The lowest BCUT2D eigenvalue weighted by atomic mass is 10.2. The summed E-state index contributed by atoms with van der Waals surface area (Å²) in [6, 6.07) is 5.87. The number of rotatable bonds is 4. The van der Waals surface area contributed by atoms with Crippen LogP contribution in [-0.2, 0) is 6.42 Å². The number of carbonyl (C=O) groups is 1. The Balaban J connectivity index is 2.51. The highest BCUT2D eigenvalue weighted by molar-refractivity contribution is 7.14. The van der Waals surface area contributed by atoms with Crippen molar-refractivity contribution in [3.05, 3.63) is 21.9 Å². The third kappa shape index (κ3) is 3.37. The molecule has 0 aliphatic heterocycles. The van der Waals surface area contributed by atoms with Gasteiger partial charge in [-0.3, -0.25) is 4.79 Å². The first-order chi connectivity index (χ1) is 7.17. The molecule has 1 unspecified atom stereocenters. The van der Waals surface area contributed by atoms with E-state index in [0.29, 0.717) is 6.54 Å². The van der Waals surface area contributed by atoms with Crippen LogP contribution in [0.4, 0.5) is 0 Å². The van der Waals surface area contributed by atoms with Crippen molar-refractivity contribution in [3.63, 3.8) is 0 Å². The molecule has 3 nitrogen and oxygen atoms in total. The lowest BCUT2D eigenvalue weighted by Crippen LogP contribution is -2.26. The molecule has 0 aliphatic rings. The number of thiophene rings is 1. The zero-order valence-electron chi connectivity index (χ0n) is 8.91. The molecule has 0 fully saturated rings. The summed E-state index contributed by atoms with van der Waals surface area (Å²) in [5, 5.41) is 11.3. The van der Waals surface area contributed by atoms with E-state index in [-0.39, 0.29) is 11.8 Å². The standard InChI is InChI=1S/C11H14N2OS/c1-3-9-4-5-10(15-9)11(14)13-7-8(2)6-12/h4-5,8H,3,7H2,1-2H3,(H,13,14). The van der Waals surface area contributed by atoms with Gasteiger partial charge in [-0.25, -0.2) is 0 Å². The van der Waals surface area contributed by atoms with Gasteiger partial charge in [-0.05, 0) is 25.5 Å². The van der Waals surface area contributed by atoms with Crippen LogP contribution in [0.3, 0.4) is 0 Å². The third-order valence-electron chi connectivity index (χ3n) is 2.02. The molecule has 1 amide bonds. The molecule has 0 bridgehead atoms. The molecule has 15 heavy (non-hydrogen) atoms. The zero-order valence-corrected chi connectivity index (χ0v) is 9.73. The Morgan fingerprint density at radius 2 is 2.40 bits per heavy atom. The topological polar surface area (TPSA) is 52.9 Å². The van der Waals surface area contributed by atoms with Crippen molar-refractivity contribution in [1.29, 1.82) is 5.26 Å². The minimum atomic E-state index is -0.139. The van der Waals surface area contributed by atoms with E-state index in [9.17, 15) is 4.79 Å². The largest absolute Gasteiger partial charge is 0.350 e. The van der Waals surface area contributed by atoms with Crippen molar-refractivity contribution >= 4 is 17.2 Å². The number of amides is 1. The Kier molecular flexibility index (Phi) is 4.32. The Hall–Kier alpha value is -1.34. The molecule has 0 radical (unpaired) electrons. The van der Waals surface area contributed by atoms with Crippen molar-refractivity contribution in [2.24, 2.45) is 5.92 Å². The SMILES string of the molecule is CCc1ccc(C(=O)NCC(C)C#N)s1. The fraction of sp³-hybridized carbons (Fsp3) is 0.455. The predicted octanol–water partition coefficient (Wildman–Crippen LogP) is 2.20. The van der Waals surface area contributed by atoms with Gasteiger partial charge < -0.3 is 5.32 Å². The summed E-state index contributed by atoms with van der Waals surface area (Å²) in [6.07, 6.45) is 0.951. The molecule has 1 aromatic rings. The lowest BCUT2D eigenvalue weighted by molar-refractivity contribution is 0.0955. The summed E-state index contributed by atoms with van der Waals surface area (Å²) < 4.78 is 0. The maximum atomic E-state index is 11.6. The van der Waals surface area contributed by atoms with E-state index >= 15 is 0 Å². The Bertz CT molecular complexity index is 378. The smallest absolute Gasteiger partial charge is 0.261 e. The quantitative estimate of drug-likeness (QED) is 0.849. The monoisotopic (exact) mass is 222 g/mol. The number of aryl methyl sites for hydroxylation is 1. The molecule has 4 heteroatoms. The van der Waals surface area contributed by atoms with Crippen LogP contribution in [0.2, 0.25) is 0 Å². The van der Waals surface area contributed by atoms with E-state index in [1.54, 1.807) is 6.92 Å². The van der Waals surface area contributed by atoms with Gasteiger partial charge in [0.05, 0.1) is 16.9 Å². The molecule has 1 atom stereocenters. The molecule has 0 saturated heterocycles. The minimum absolute atomic E-state index is 0.0817. The maximum Gasteiger partial charge on any atom is 0.261 e. The van der Waals surface area contributed by atoms with Gasteiger partial charge in [-0.2, -0.15) is 5.26 Å². The van der Waals surface area contributed by atoms with Crippen molar-refractivity contribution in [1.82, 2.24) is 5.32 Å². The molecule has 1 heterocycles. The summed E-state index contributed by atoms with van der Waals surface area (Å²) in [7, 11) is 0. The molecular weight excluding hydrogens is 208 g/mol. The van der Waals surface area contributed by atoms with Crippen LogP contribution in [0.15, 0.2) is 12.1 Å². The number of hydrogen-bond donors (Lipinski definition) is 1. The molecule has 1 rings (SSSR count). The average Bonchev–Trinajstić information content (AvgIpc) is 2.73. The zero-order chi connectivity index (χ0) is 11.3. The highest BCUT2D eigenvalue weighted by Crippen LogP contribution is 2.16. The molecule has 1 aromatic heterocycles. The first-order valence-electron chi connectivity index (χ1n) is 4.94. The second kappa shape index (κ2) is 5.52. The number of carbonyl (C=O) groups excluding carboxylic acids is 1. The van der Waals surface area contributed by atoms with E-state index < -0.39 is 0 Å². The second-order valence-electron chi connectivity index (χ2n) is 3.36. The lowest BCUT2D eigenvalue weighted by Gasteiger charge is -2.03. The molecule has 0 aliphatic carbocycles. The summed E-state index contributed by atoms with van der Waals surface area (Å²) in [6.45, 7) is 4.26. The highest BCUT2D eigenvalue weighted by Gasteiger charge is 2.09. The van der Waals surface area contributed by atoms with Gasteiger partial charge in [0, 0.05) is 11.4 Å².